The molecule has 2 N–H and O–H groups in total. The van der Waals surface area contributed by atoms with Crippen molar-refractivity contribution >= 4 is 11.6 Å². The molecule has 0 aliphatic carbocycles. The quantitative estimate of drug-likeness (QED) is 0.345. The SMILES string of the molecule is CNC(=O)CCCOc1cc(OC)ccc1/C(C)=N/O. The van der Waals surface area contributed by atoms with Gasteiger partial charge in [-0.3, -0.25) is 4.79 Å². The highest BCUT2D eigenvalue weighted by Crippen LogP contribution is 2.25. The van der Waals surface area contributed by atoms with Gasteiger partial charge in [0.1, 0.15) is 11.5 Å². The fraction of sp³-hybridized carbons (Fsp3) is 0.429. The third-order valence-electron chi connectivity index (χ3n) is 2.81. The molecular weight excluding hydrogens is 260 g/mol. The van der Waals surface area contributed by atoms with Gasteiger partial charge in [0.2, 0.25) is 5.91 Å². The van der Waals surface area contributed by atoms with Gasteiger partial charge in [0.05, 0.1) is 19.4 Å². The number of hydrogen-bond acceptors (Lipinski definition) is 5. The van der Waals surface area contributed by atoms with Crippen molar-refractivity contribution in [3.05, 3.63) is 23.8 Å². The molecule has 0 aliphatic rings. The van der Waals surface area contributed by atoms with Gasteiger partial charge in [0.15, 0.2) is 0 Å². The molecule has 0 heterocycles. The number of benzene rings is 1. The van der Waals surface area contributed by atoms with E-state index in [9.17, 15) is 4.79 Å². The molecule has 0 radical (unpaired) electrons. The number of carbonyl (C=O) groups excluding carboxylic acids is 1. The van der Waals surface area contributed by atoms with Gasteiger partial charge in [-0.25, -0.2) is 0 Å². The van der Waals surface area contributed by atoms with Gasteiger partial charge in [-0.05, 0) is 25.5 Å². The second-order valence-corrected chi connectivity index (χ2v) is 4.17. The zero-order chi connectivity index (χ0) is 15.0. The summed E-state index contributed by atoms with van der Waals surface area (Å²) in [7, 11) is 3.17. The Morgan fingerprint density at radius 1 is 1.45 bits per heavy atom. The van der Waals surface area contributed by atoms with E-state index >= 15 is 0 Å². The third kappa shape index (κ3) is 4.46. The molecule has 0 unspecified atom stereocenters. The van der Waals surface area contributed by atoms with Crippen molar-refractivity contribution in [3.8, 4) is 11.5 Å². The molecule has 0 saturated carbocycles. The summed E-state index contributed by atoms with van der Waals surface area (Å²) in [5, 5.41) is 14.6. The maximum Gasteiger partial charge on any atom is 0.219 e. The Morgan fingerprint density at radius 3 is 2.80 bits per heavy atom. The van der Waals surface area contributed by atoms with Crippen molar-refractivity contribution in [2.75, 3.05) is 20.8 Å². The first kappa shape index (κ1) is 15.8. The first-order chi connectivity index (χ1) is 9.62. The Hall–Kier alpha value is -2.24. The average Bonchev–Trinajstić information content (AvgIpc) is 2.50. The summed E-state index contributed by atoms with van der Waals surface area (Å²) >= 11 is 0. The third-order valence-corrected chi connectivity index (χ3v) is 2.81. The largest absolute Gasteiger partial charge is 0.497 e. The van der Waals surface area contributed by atoms with Crippen LogP contribution < -0.4 is 14.8 Å². The molecule has 0 aliphatic heterocycles. The van der Waals surface area contributed by atoms with E-state index in [-0.39, 0.29) is 5.91 Å². The summed E-state index contributed by atoms with van der Waals surface area (Å²) < 4.78 is 10.8. The Bertz CT molecular complexity index is 486. The summed E-state index contributed by atoms with van der Waals surface area (Å²) in [5.74, 6) is 1.20. The molecule has 0 bridgehead atoms. The van der Waals surface area contributed by atoms with Crippen molar-refractivity contribution in [3.63, 3.8) is 0 Å². The van der Waals surface area contributed by atoms with Crippen LogP contribution in [0, 0.1) is 0 Å². The van der Waals surface area contributed by atoms with Gasteiger partial charge < -0.3 is 20.0 Å². The van der Waals surface area contributed by atoms with Crippen LogP contribution in [-0.4, -0.2) is 37.6 Å². The monoisotopic (exact) mass is 280 g/mol. The van der Waals surface area contributed by atoms with Crippen molar-refractivity contribution in [2.45, 2.75) is 19.8 Å². The normalized spacial score (nSPS) is 11.1. The fourth-order valence-electron chi connectivity index (χ4n) is 1.64. The van der Waals surface area contributed by atoms with E-state index in [0.717, 1.165) is 0 Å². The van der Waals surface area contributed by atoms with Crippen molar-refractivity contribution in [2.24, 2.45) is 5.16 Å². The Balaban J connectivity index is 2.73. The number of methoxy groups -OCH3 is 1. The lowest BCUT2D eigenvalue weighted by molar-refractivity contribution is -0.120. The van der Waals surface area contributed by atoms with Crippen LogP contribution in [0.1, 0.15) is 25.3 Å². The van der Waals surface area contributed by atoms with Crippen molar-refractivity contribution in [1.82, 2.24) is 5.32 Å². The molecule has 1 rings (SSSR count). The highest BCUT2D eigenvalue weighted by molar-refractivity contribution is 6.00. The topological polar surface area (TPSA) is 80.2 Å². The molecule has 1 aromatic rings. The molecule has 0 fully saturated rings. The molecule has 6 heteroatoms. The zero-order valence-corrected chi connectivity index (χ0v) is 12.0. The van der Waals surface area contributed by atoms with Crippen LogP contribution in [0.4, 0.5) is 0 Å². The Labute approximate surface area is 118 Å². The predicted octanol–water partition coefficient (Wildman–Crippen LogP) is 1.80. The average molecular weight is 280 g/mol. The molecule has 6 nitrogen and oxygen atoms in total. The standard InChI is InChI=1S/C14H20N2O4/c1-10(16-18)12-7-6-11(19-3)9-13(12)20-8-4-5-14(17)15-2/h6-7,9,18H,4-5,8H2,1-3H3,(H,15,17)/b16-10+. The molecular formula is C14H20N2O4. The summed E-state index contributed by atoms with van der Waals surface area (Å²) in [6.07, 6.45) is 1.01. The number of rotatable bonds is 7. The van der Waals surface area contributed by atoms with Crippen LogP contribution in [0.15, 0.2) is 23.4 Å². The van der Waals surface area contributed by atoms with E-state index in [2.05, 4.69) is 10.5 Å². The number of carbonyl (C=O) groups is 1. The summed E-state index contributed by atoms with van der Waals surface area (Å²) in [6, 6.07) is 5.26. The Kier molecular flexibility index (Phi) is 6.36. The molecule has 1 amide bonds. The number of hydrogen-bond donors (Lipinski definition) is 2. The van der Waals surface area contributed by atoms with E-state index in [1.165, 1.54) is 0 Å². The van der Waals surface area contributed by atoms with Crippen molar-refractivity contribution < 1.29 is 19.5 Å². The second-order valence-electron chi connectivity index (χ2n) is 4.17. The lowest BCUT2D eigenvalue weighted by atomic mass is 10.1. The lowest BCUT2D eigenvalue weighted by Gasteiger charge is -2.12. The van der Waals surface area contributed by atoms with E-state index in [1.54, 1.807) is 39.3 Å². The highest BCUT2D eigenvalue weighted by atomic mass is 16.5. The van der Waals surface area contributed by atoms with Gasteiger partial charge in [-0.2, -0.15) is 0 Å². The van der Waals surface area contributed by atoms with Gasteiger partial charge in [-0.15, -0.1) is 0 Å². The van der Waals surface area contributed by atoms with Crippen LogP contribution in [0.25, 0.3) is 0 Å². The van der Waals surface area contributed by atoms with E-state index in [0.29, 0.717) is 42.2 Å². The first-order valence-corrected chi connectivity index (χ1v) is 6.32. The molecule has 0 aromatic heterocycles. The van der Waals surface area contributed by atoms with Crippen LogP contribution >= 0.6 is 0 Å². The highest BCUT2D eigenvalue weighted by Gasteiger charge is 2.09. The van der Waals surface area contributed by atoms with Crippen LogP contribution in [0.5, 0.6) is 11.5 Å². The van der Waals surface area contributed by atoms with E-state index in [1.807, 2.05) is 0 Å². The summed E-state index contributed by atoms with van der Waals surface area (Å²) in [4.78, 5) is 11.1. The number of nitrogens with one attached hydrogen (secondary N) is 1. The molecule has 20 heavy (non-hydrogen) atoms. The van der Waals surface area contributed by atoms with Gasteiger partial charge in [0, 0.05) is 25.1 Å². The van der Waals surface area contributed by atoms with E-state index < -0.39 is 0 Å². The molecule has 1 aromatic carbocycles. The van der Waals surface area contributed by atoms with Gasteiger partial charge in [-0.1, -0.05) is 5.16 Å². The fourth-order valence-corrected chi connectivity index (χ4v) is 1.64. The number of amides is 1. The summed E-state index contributed by atoms with van der Waals surface area (Å²) in [6.45, 7) is 2.07. The molecule has 0 atom stereocenters. The molecule has 110 valence electrons. The zero-order valence-electron chi connectivity index (χ0n) is 12.0. The lowest BCUT2D eigenvalue weighted by Crippen LogP contribution is -2.18. The maximum atomic E-state index is 11.1. The maximum absolute atomic E-state index is 11.1. The number of ether oxygens (including phenoxy) is 2. The van der Waals surface area contributed by atoms with Crippen LogP contribution in [-0.2, 0) is 4.79 Å². The van der Waals surface area contributed by atoms with E-state index in [4.69, 9.17) is 14.7 Å². The minimum Gasteiger partial charge on any atom is -0.497 e. The minimum atomic E-state index is -0.0208. The molecule has 0 spiro atoms. The van der Waals surface area contributed by atoms with Gasteiger partial charge in [0.25, 0.3) is 0 Å². The van der Waals surface area contributed by atoms with Crippen LogP contribution in [0.2, 0.25) is 0 Å². The number of nitrogens with zero attached hydrogens (tertiary/aromatic N) is 1. The van der Waals surface area contributed by atoms with Crippen molar-refractivity contribution in [1.29, 1.82) is 0 Å². The number of oxime groups is 1. The predicted molar refractivity (Wildman–Crippen MR) is 75.8 cm³/mol. The molecule has 0 saturated heterocycles. The van der Waals surface area contributed by atoms with Crippen LogP contribution in [0.3, 0.4) is 0 Å². The minimum absolute atomic E-state index is 0.0208. The van der Waals surface area contributed by atoms with Gasteiger partial charge >= 0.3 is 0 Å². The second kappa shape index (κ2) is 8.04. The first-order valence-electron chi connectivity index (χ1n) is 6.32. The smallest absolute Gasteiger partial charge is 0.219 e. The Morgan fingerprint density at radius 2 is 2.20 bits per heavy atom. The summed E-state index contributed by atoms with van der Waals surface area (Å²) in [5.41, 5.74) is 1.14.